The van der Waals surface area contributed by atoms with E-state index in [1.165, 1.54) is 5.56 Å². The van der Waals surface area contributed by atoms with Crippen molar-refractivity contribution in [1.82, 2.24) is 5.32 Å². The molecule has 2 aromatic rings. The van der Waals surface area contributed by atoms with Gasteiger partial charge >= 0.3 is 0 Å². The summed E-state index contributed by atoms with van der Waals surface area (Å²) < 4.78 is 11.0. The van der Waals surface area contributed by atoms with Crippen molar-refractivity contribution in [2.24, 2.45) is 0 Å². The van der Waals surface area contributed by atoms with Crippen molar-refractivity contribution in [3.63, 3.8) is 0 Å². The van der Waals surface area contributed by atoms with E-state index in [0.717, 1.165) is 47.6 Å². The first kappa shape index (κ1) is 19.1. The maximum atomic E-state index is 12.8. The third kappa shape index (κ3) is 3.88. The fourth-order valence-corrected chi connectivity index (χ4v) is 3.65. The SMILES string of the molecule is COc1ccc2c(c1)C=C(C(=O)NC1CCCc3cc(N)ccc31)CO2.Cl. The van der Waals surface area contributed by atoms with Crippen molar-refractivity contribution in [2.45, 2.75) is 25.3 Å². The molecule has 1 atom stereocenters. The number of hydrogen-bond acceptors (Lipinski definition) is 4. The predicted octanol–water partition coefficient (Wildman–Crippen LogP) is 3.67. The lowest BCUT2D eigenvalue weighted by molar-refractivity contribution is -0.118. The van der Waals surface area contributed by atoms with Gasteiger partial charge < -0.3 is 20.5 Å². The zero-order valence-corrected chi connectivity index (χ0v) is 16.0. The number of aryl methyl sites for hydroxylation is 1. The van der Waals surface area contributed by atoms with Crippen LogP contribution in [0.25, 0.3) is 6.08 Å². The number of rotatable bonds is 3. The second-order valence-electron chi connectivity index (χ2n) is 6.74. The Morgan fingerprint density at radius 2 is 2.11 bits per heavy atom. The Morgan fingerprint density at radius 1 is 1.26 bits per heavy atom. The average molecular weight is 387 g/mol. The Labute approximate surface area is 165 Å². The number of nitrogens with one attached hydrogen (secondary N) is 1. The van der Waals surface area contributed by atoms with Crippen LogP contribution in [0.2, 0.25) is 0 Å². The van der Waals surface area contributed by atoms with E-state index in [4.69, 9.17) is 15.2 Å². The minimum atomic E-state index is -0.0897. The number of carbonyl (C=O) groups excluding carboxylic acids is 1. The molecule has 1 amide bonds. The number of anilines is 1. The molecule has 0 saturated carbocycles. The van der Waals surface area contributed by atoms with Gasteiger partial charge in [-0.1, -0.05) is 6.07 Å². The third-order valence-corrected chi connectivity index (χ3v) is 5.01. The minimum Gasteiger partial charge on any atom is -0.497 e. The number of nitrogen functional groups attached to an aromatic ring is 1. The largest absolute Gasteiger partial charge is 0.497 e. The quantitative estimate of drug-likeness (QED) is 0.789. The van der Waals surface area contributed by atoms with Crippen LogP contribution in [0, 0.1) is 0 Å². The Bertz CT molecular complexity index is 895. The molecule has 5 nitrogen and oxygen atoms in total. The highest BCUT2D eigenvalue weighted by molar-refractivity contribution is 5.99. The maximum Gasteiger partial charge on any atom is 0.251 e. The Morgan fingerprint density at radius 3 is 2.93 bits per heavy atom. The lowest BCUT2D eigenvalue weighted by atomic mass is 9.87. The first-order valence-corrected chi connectivity index (χ1v) is 8.84. The molecule has 1 heterocycles. The molecular weight excluding hydrogens is 364 g/mol. The zero-order valence-electron chi connectivity index (χ0n) is 15.2. The van der Waals surface area contributed by atoms with Gasteiger partial charge in [-0.25, -0.2) is 0 Å². The molecule has 27 heavy (non-hydrogen) atoms. The van der Waals surface area contributed by atoms with Crippen molar-refractivity contribution in [1.29, 1.82) is 0 Å². The number of amides is 1. The molecule has 0 saturated heterocycles. The summed E-state index contributed by atoms with van der Waals surface area (Å²) in [7, 11) is 1.62. The topological polar surface area (TPSA) is 73.6 Å². The van der Waals surface area contributed by atoms with Crippen LogP contribution in [0.3, 0.4) is 0 Å². The second kappa shape index (κ2) is 7.92. The Hall–Kier alpha value is -2.66. The van der Waals surface area contributed by atoms with Crippen molar-refractivity contribution >= 4 is 30.1 Å². The smallest absolute Gasteiger partial charge is 0.251 e. The molecule has 0 spiro atoms. The summed E-state index contributed by atoms with van der Waals surface area (Å²) in [5.41, 5.74) is 10.5. The fourth-order valence-electron chi connectivity index (χ4n) is 3.65. The number of hydrogen-bond donors (Lipinski definition) is 2. The van der Waals surface area contributed by atoms with Gasteiger partial charge in [0.1, 0.15) is 18.1 Å². The van der Waals surface area contributed by atoms with Crippen molar-refractivity contribution < 1.29 is 14.3 Å². The molecule has 1 aliphatic carbocycles. The number of benzene rings is 2. The highest BCUT2D eigenvalue weighted by Gasteiger charge is 2.25. The van der Waals surface area contributed by atoms with Crippen molar-refractivity contribution in [2.75, 3.05) is 19.5 Å². The number of fused-ring (bicyclic) bond motifs is 2. The molecule has 4 rings (SSSR count). The molecule has 3 N–H and O–H groups in total. The average Bonchev–Trinajstić information content (AvgIpc) is 2.67. The molecule has 1 unspecified atom stereocenters. The first-order valence-electron chi connectivity index (χ1n) is 8.84. The normalized spacial score (nSPS) is 17.4. The van der Waals surface area contributed by atoms with E-state index in [1.54, 1.807) is 7.11 Å². The lowest BCUT2D eigenvalue weighted by Gasteiger charge is -2.27. The minimum absolute atomic E-state index is 0. The van der Waals surface area contributed by atoms with Gasteiger partial charge in [0.05, 0.1) is 18.7 Å². The molecule has 142 valence electrons. The zero-order chi connectivity index (χ0) is 18.1. The van der Waals surface area contributed by atoms with Crippen molar-refractivity contribution in [3.05, 3.63) is 58.7 Å². The summed E-state index contributed by atoms with van der Waals surface area (Å²) in [5, 5.41) is 3.16. The summed E-state index contributed by atoms with van der Waals surface area (Å²) in [6.45, 7) is 0.270. The maximum absolute atomic E-state index is 12.8. The van der Waals surface area contributed by atoms with Crippen LogP contribution in [-0.2, 0) is 11.2 Å². The summed E-state index contributed by atoms with van der Waals surface area (Å²) in [6, 6.07) is 11.5. The van der Waals surface area contributed by atoms with Gasteiger partial charge in [-0.3, -0.25) is 4.79 Å². The molecule has 2 aromatic carbocycles. The van der Waals surface area contributed by atoms with Crippen molar-refractivity contribution in [3.8, 4) is 11.5 Å². The number of nitrogens with two attached hydrogens (primary N) is 1. The third-order valence-electron chi connectivity index (χ3n) is 5.01. The summed E-state index contributed by atoms with van der Waals surface area (Å²) in [4.78, 5) is 12.8. The van der Waals surface area contributed by atoms with E-state index >= 15 is 0 Å². The van der Waals surface area contributed by atoms with Gasteiger partial charge in [-0.2, -0.15) is 0 Å². The van der Waals surface area contributed by atoms with Gasteiger partial charge in [0.15, 0.2) is 0 Å². The molecule has 0 radical (unpaired) electrons. The van der Waals surface area contributed by atoms with Gasteiger partial charge in [-0.15, -0.1) is 12.4 Å². The van der Waals surface area contributed by atoms with Crippen LogP contribution in [0.5, 0.6) is 11.5 Å². The standard InChI is InChI=1S/C21H22N2O3.ClH/c1-25-17-6-8-20-14(11-17)9-15(12-26-20)21(24)23-19-4-2-3-13-10-16(22)5-7-18(13)19;/h5-11,19H,2-4,12,22H2,1H3,(H,23,24);1H. The van der Waals surface area contributed by atoms with E-state index < -0.39 is 0 Å². The van der Waals surface area contributed by atoms with Crippen LogP contribution in [0.4, 0.5) is 5.69 Å². The molecule has 0 aromatic heterocycles. The molecule has 0 fully saturated rings. The lowest BCUT2D eigenvalue weighted by Crippen LogP contribution is -2.34. The molecular formula is C21H23ClN2O3. The van der Waals surface area contributed by atoms with Crippen LogP contribution in [0.15, 0.2) is 42.0 Å². The van der Waals surface area contributed by atoms with Crippen LogP contribution in [-0.4, -0.2) is 19.6 Å². The van der Waals surface area contributed by atoms with E-state index in [0.29, 0.717) is 5.57 Å². The monoisotopic (exact) mass is 386 g/mol. The van der Waals surface area contributed by atoms with Crippen LogP contribution >= 0.6 is 12.4 Å². The molecule has 1 aliphatic heterocycles. The van der Waals surface area contributed by atoms with Crippen LogP contribution in [0.1, 0.15) is 35.6 Å². The van der Waals surface area contributed by atoms with Gasteiger partial charge in [0, 0.05) is 11.3 Å². The fraction of sp³-hybridized carbons (Fsp3) is 0.286. The number of halogens is 1. The van der Waals surface area contributed by atoms with Gasteiger partial charge in [0.2, 0.25) is 0 Å². The van der Waals surface area contributed by atoms with Gasteiger partial charge in [-0.05, 0) is 66.8 Å². The van der Waals surface area contributed by atoms with Crippen LogP contribution < -0.4 is 20.5 Å². The number of ether oxygens (including phenoxy) is 2. The first-order chi connectivity index (χ1) is 12.6. The Balaban J connectivity index is 0.00000210. The number of carbonyl (C=O) groups is 1. The van der Waals surface area contributed by atoms with E-state index in [2.05, 4.69) is 5.32 Å². The summed E-state index contributed by atoms with van der Waals surface area (Å²) in [5.74, 6) is 1.41. The number of methoxy groups -OCH3 is 1. The van der Waals surface area contributed by atoms with Gasteiger partial charge in [0.25, 0.3) is 5.91 Å². The second-order valence-corrected chi connectivity index (χ2v) is 6.74. The summed E-state index contributed by atoms with van der Waals surface area (Å²) >= 11 is 0. The Kier molecular flexibility index (Phi) is 5.61. The van der Waals surface area contributed by atoms with E-state index in [-0.39, 0.29) is 31.0 Å². The van der Waals surface area contributed by atoms with E-state index in [1.807, 2.05) is 42.5 Å². The predicted molar refractivity (Wildman–Crippen MR) is 108 cm³/mol. The molecule has 6 heteroatoms. The molecule has 2 aliphatic rings. The highest BCUT2D eigenvalue weighted by Crippen LogP contribution is 2.33. The highest BCUT2D eigenvalue weighted by atomic mass is 35.5. The molecule has 0 bridgehead atoms. The van der Waals surface area contributed by atoms with E-state index in [9.17, 15) is 4.79 Å². The summed E-state index contributed by atoms with van der Waals surface area (Å²) in [6.07, 6.45) is 4.85.